The molecule has 1 aromatic carbocycles. The summed E-state index contributed by atoms with van der Waals surface area (Å²) in [7, 11) is 1.64. The van der Waals surface area contributed by atoms with Gasteiger partial charge in [0.1, 0.15) is 4.91 Å². The van der Waals surface area contributed by atoms with Gasteiger partial charge in [0.2, 0.25) is 0 Å². The van der Waals surface area contributed by atoms with Crippen molar-refractivity contribution in [2.24, 2.45) is 4.99 Å². The molecule has 31 heavy (non-hydrogen) atoms. The number of nitrogens with zero attached hydrogens (tertiary/aromatic N) is 2. The van der Waals surface area contributed by atoms with E-state index in [-0.39, 0.29) is 11.9 Å². The molecule has 2 aliphatic rings. The molecular weight excluding hydrogens is 434 g/mol. The molecule has 0 spiro atoms. The third-order valence-electron chi connectivity index (χ3n) is 4.75. The van der Waals surface area contributed by atoms with E-state index in [1.807, 2.05) is 31.2 Å². The smallest absolute Gasteiger partial charge is 0.305 e. The van der Waals surface area contributed by atoms with Crippen LogP contribution >= 0.6 is 23.5 Å². The van der Waals surface area contributed by atoms with Crippen molar-refractivity contribution in [3.8, 4) is 0 Å². The maximum Gasteiger partial charge on any atom is 0.305 e. The monoisotopic (exact) mass is 463 g/mol. The highest BCUT2D eigenvalue weighted by Gasteiger charge is 2.34. The predicted molar refractivity (Wildman–Crippen MR) is 126 cm³/mol. The zero-order valence-corrected chi connectivity index (χ0v) is 19.7. The second-order valence-electron chi connectivity index (χ2n) is 7.07. The minimum atomic E-state index is -0.131. The lowest BCUT2D eigenvalue weighted by molar-refractivity contribution is -0.143. The van der Waals surface area contributed by atoms with Crippen LogP contribution in [0.2, 0.25) is 0 Å². The van der Waals surface area contributed by atoms with E-state index in [0.29, 0.717) is 24.5 Å². The molecule has 0 aliphatic carbocycles. The number of fused-ring (bicyclic) bond motifs is 1. The number of rotatable bonds is 11. The average Bonchev–Trinajstić information content (AvgIpc) is 3.14. The molecule has 168 valence electrons. The number of carbonyl (C=O) groups excluding carboxylic acids is 2. The van der Waals surface area contributed by atoms with Crippen LogP contribution in [0, 0.1) is 0 Å². The van der Waals surface area contributed by atoms with Gasteiger partial charge in [0.25, 0.3) is 5.91 Å². The number of amidine groups is 1. The molecule has 1 amide bonds. The Morgan fingerprint density at radius 3 is 2.81 bits per heavy atom. The van der Waals surface area contributed by atoms with E-state index in [1.54, 1.807) is 18.9 Å². The van der Waals surface area contributed by atoms with Crippen LogP contribution in [0.3, 0.4) is 0 Å². The molecule has 0 aromatic heterocycles. The molecule has 2 aliphatic heterocycles. The van der Waals surface area contributed by atoms with Gasteiger partial charge in [0.05, 0.1) is 18.9 Å². The number of thioether (sulfide) groups is 2. The fourth-order valence-electron chi connectivity index (χ4n) is 3.27. The highest BCUT2D eigenvalue weighted by atomic mass is 32.2. The summed E-state index contributed by atoms with van der Waals surface area (Å²) in [5.41, 5.74) is 1.65. The number of amides is 1. The Kier molecular flexibility index (Phi) is 9.30. The molecule has 3 rings (SSSR count). The molecule has 9 heteroatoms. The maximum atomic E-state index is 12.9. The van der Waals surface area contributed by atoms with Crippen molar-refractivity contribution in [2.45, 2.75) is 37.5 Å². The van der Waals surface area contributed by atoms with Crippen molar-refractivity contribution >= 4 is 46.3 Å². The van der Waals surface area contributed by atoms with Gasteiger partial charge in [-0.15, -0.1) is 11.8 Å². The number of carbonyl (C=O) groups is 2. The van der Waals surface area contributed by atoms with E-state index in [2.05, 4.69) is 15.2 Å². The van der Waals surface area contributed by atoms with Gasteiger partial charge in [-0.05, 0) is 68.0 Å². The van der Waals surface area contributed by atoms with Crippen molar-refractivity contribution in [1.29, 1.82) is 0 Å². The molecule has 0 unspecified atom stereocenters. The highest BCUT2D eigenvalue weighted by molar-refractivity contribution is 8.18. The number of anilines is 1. The predicted octanol–water partition coefficient (Wildman–Crippen LogP) is 4.12. The van der Waals surface area contributed by atoms with Crippen LogP contribution in [0.5, 0.6) is 0 Å². The minimum absolute atomic E-state index is 0.125. The quantitative estimate of drug-likeness (QED) is 0.300. The fraction of sp³-hybridized carbons (Fsp3) is 0.500. The van der Waals surface area contributed by atoms with Crippen LogP contribution in [0.1, 0.15) is 32.6 Å². The van der Waals surface area contributed by atoms with Crippen LogP contribution in [-0.4, -0.2) is 61.1 Å². The Hall–Kier alpha value is -1.97. The summed E-state index contributed by atoms with van der Waals surface area (Å²) in [6, 6.07) is 7.84. The van der Waals surface area contributed by atoms with E-state index in [9.17, 15) is 9.59 Å². The average molecular weight is 464 g/mol. The summed E-state index contributed by atoms with van der Waals surface area (Å²) in [6.07, 6.45) is 3.24. The largest absolute Gasteiger partial charge is 0.466 e. The van der Waals surface area contributed by atoms with Gasteiger partial charge in [-0.1, -0.05) is 0 Å². The number of hydrogen-bond donors (Lipinski definition) is 1. The van der Waals surface area contributed by atoms with Crippen LogP contribution in [0.4, 0.5) is 5.69 Å². The number of esters is 1. The number of aliphatic imine (C=N–C) groups is 1. The van der Waals surface area contributed by atoms with E-state index < -0.39 is 0 Å². The van der Waals surface area contributed by atoms with E-state index in [1.165, 1.54) is 11.8 Å². The van der Waals surface area contributed by atoms with Gasteiger partial charge in [0, 0.05) is 37.2 Å². The van der Waals surface area contributed by atoms with Crippen LogP contribution in [0.25, 0.3) is 0 Å². The van der Waals surface area contributed by atoms with E-state index in [4.69, 9.17) is 9.47 Å². The summed E-state index contributed by atoms with van der Waals surface area (Å²) in [5, 5.41) is 3.88. The number of ether oxygens (including phenoxy) is 2. The maximum absolute atomic E-state index is 12.9. The van der Waals surface area contributed by atoms with Gasteiger partial charge >= 0.3 is 5.97 Å². The Morgan fingerprint density at radius 1 is 1.26 bits per heavy atom. The molecule has 0 saturated carbocycles. The first kappa shape index (κ1) is 23.7. The zero-order chi connectivity index (χ0) is 22.1. The second-order valence-corrected chi connectivity index (χ2v) is 9.22. The lowest BCUT2D eigenvalue weighted by Gasteiger charge is -2.24. The molecule has 0 bridgehead atoms. The van der Waals surface area contributed by atoms with Crippen molar-refractivity contribution in [3.63, 3.8) is 0 Å². The first-order valence-electron chi connectivity index (χ1n) is 10.5. The normalized spacial score (nSPS) is 15.5. The Morgan fingerprint density at radius 2 is 2.06 bits per heavy atom. The second kappa shape index (κ2) is 12.2. The van der Waals surface area contributed by atoms with Crippen LogP contribution in [-0.2, 0) is 19.1 Å². The third kappa shape index (κ3) is 6.75. The van der Waals surface area contributed by atoms with E-state index in [0.717, 1.165) is 59.6 Å². The zero-order valence-electron chi connectivity index (χ0n) is 18.0. The van der Waals surface area contributed by atoms with Gasteiger partial charge in [-0.3, -0.25) is 14.6 Å². The molecule has 2 heterocycles. The SMILES string of the molecule is CCOC(=O)CCCCSc1ccc(NC(=O)C2=C(COC)N3CCCN=C3S2)cc1. The first-order chi connectivity index (χ1) is 15.1. The number of unbranched alkanes of at least 4 members (excludes halogenated alkanes) is 1. The van der Waals surface area contributed by atoms with Gasteiger partial charge in [0.15, 0.2) is 5.17 Å². The first-order valence-corrected chi connectivity index (χ1v) is 12.3. The van der Waals surface area contributed by atoms with Crippen molar-refractivity contribution in [1.82, 2.24) is 4.90 Å². The van der Waals surface area contributed by atoms with Crippen molar-refractivity contribution < 1.29 is 19.1 Å². The molecule has 0 saturated heterocycles. The lowest BCUT2D eigenvalue weighted by atomic mass is 10.2. The number of methoxy groups -OCH3 is 1. The summed E-state index contributed by atoms with van der Waals surface area (Å²) >= 11 is 3.16. The van der Waals surface area contributed by atoms with Gasteiger partial charge < -0.3 is 19.7 Å². The molecule has 0 fully saturated rings. The summed E-state index contributed by atoms with van der Waals surface area (Å²) in [5.74, 6) is 0.681. The molecule has 1 N–H and O–H groups in total. The summed E-state index contributed by atoms with van der Waals surface area (Å²) in [6.45, 7) is 4.32. The summed E-state index contributed by atoms with van der Waals surface area (Å²) < 4.78 is 10.3. The third-order valence-corrected chi connectivity index (χ3v) is 7.00. The fourth-order valence-corrected chi connectivity index (χ4v) is 5.26. The molecule has 0 radical (unpaired) electrons. The number of hydrogen-bond acceptors (Lipinski definition) is 8. The van der Waals surface area contributed by atoms with Crippen LogP contribution < -0.4 is 5.32 Å². The van der Waals surface area contributed by atoms with E-state index >= 15 is 0 Å². The molecular formula is C22H29N3O4S2. The Bertz CT molecular complexity index is 840. The molecule has 0 atom stereocenters. The molecule has 1 aromatic rings. The minimum Gasteiger partial charge on any atom is -0.466 e. The number of benzene rings is 1. The van der Waals surface area contributed by atoms with Crippen molar-refractivity contribution in [3.05, 3.63) is 34.9 Å². The Labute approximate surface area is 192 Å². The molecule has 7 nitrogen and oxygen atoms in total. The summed E-state index contributed by atoms with van der Waals surface area (Å²) in [4.78, 5) is 32.7. The van der Waals surface area contributed by atoms with Crippen molar-refractivity contribution in [2.75, 3.05) is 44.5 Å². The standard InChI is InChI=1S/C22H29N3O4S2/c1-3-29-19(26)7-4-5-14-30-17-10-8-16(9-11-17)24-21(27)20-18(15-28-2)25-13-6-12-23-22(25)31-20/h8-11H,3-7,12-15H2,1-2H3,(H,24,27). The number of nitrogens with one attached hydrogen (secondary N) is 1. The van der Waals surface area contributed by atoms with Crippen LogP contribution in [0.15, 0.2) is 44.8 Å². The topological polar surface area (TPSA) is 80.2 Å². The van der Waals surface area contributed by atoms with Gasteiger partial charge in [-0.25, -0.2) is 0 Å². The lowest BCUT2D eigenvalue weighted by Crippen LogP contribution is -2.31. The Balaban J connectivity index is 1.49. The van der Waals surface area contributed by atoms with Gasteiger partial charge in [-0.2, -0.15) is 0 Å². The highest BCUT2D eigenvalue weighted by Crippen LogP contribution is 2.37.